The lowest BCUT2D eigenvalue weighted by Gasteiger charge is -2.08. The zero-order valence-corrected chi connectivity index (χ0v) is 14.7. The second-order valence-electron chi connectivity index (χ2n) is 5.56. The van der Waals surface area contributed by atoms with Crippen LogP contribution >= 0.6 is 11.8 Å². The number of benzene rings is 1. The third-order valence-electron chi connectivity index (χ3n) is 3.42. The molecule has 124 valence electrons. The molecule has 0 unspecified atom stereocenters. The molecule has 0 radical (unpaired) electrons. The summed E-state index contributed by atoms with van der Waals surface area (Å²) >= 11 is 1.95. The molecule has 1 aromatic carbocycles. The Balaban J connectivity index is 2.01. The number of unbranched alkanes of at least 4 members (excludes halogenated alkanes) is 1. The largest absolute Gasteiger partial charge is 0.326 e. The lowest BCUT2D eigenvalue weighted by atomic mass is 10.2. The molecule has 0 aliphatic rings. The Kier molecular flexibility index (Phi) is 7.20. The first kappa shape index (κ1) is 17.6. The number of rotatable bonds is 9. The molecule has 4 nitrogen and oxygen atoms in total. The zero-order chi connectivity index (χ0) is 16.5. The molecule has 0 saturated carbocycles. The highest BCUT2D eigenvalue weighted by molar-refractivity contribution is 7.98. The van der Waals surface area contributed by atoms with Gasteiger partial charge in [0.2, 0.25) is 5.95 Å². The number of nitrogens with one attached hydrogen (secondary N) is 2. The molecule has 2 rings (SSSR count). The number of H-pyrrole nitrogens is 1. The molecule has 0 aliphatic heterocycles. The molecule has 1 heterocycles. The first-order valence-electron chi connectivity index (χ1n) is 8.25. The van der Waals surface area contributed by atoms with Gasteiger partial charge in [-0.1, -0.05) is 32.4 Å². The van der Waals surface area contributed by atoms with E-state index in [2.05, 4.69) is 41.3 Å². The fourth-order valence-corrected chi connectivity index (χ4v) is 3.07. The summed E-state index contributed by atoms with van der Waals surface area (Å²) in [7, 11) is 0. The van der Waals surface area contributed by atoms with Crippen LogP contribution in [0.5, 0.6) is 0 Å². The maximum absolute atomic E-state index is 11.7. The van der Waals surface area contributed by atoms with Crippen LogP contribution in [0.2, 0.25) is 0 Å². The van der Waals surface area contributed by atoms with Crippen LogP contribution in [0.3, 0.4) is 0 Å². The van der Waals surface area contributed by atoms with Gasteiger partial charge in [-0.15, -0.1) is 0 Å². The average molecular weight is 331 g/mol. The molecule has 0 saturated heterocycles. The topological polar surface area (TPSA) is 57.8 Å². The van der Waals surface area contributed by atoms with Crippen LogP contribution in [0.25, 0.3) is 0 Å². The summed E-state index contributed by atoms with van der Waals surface area (Å²) in [5.41, 5.74) is 2.98. The molecule has 2 N–H and O–H groups in total. The maximum Gasteiger partial charge on any atom is 0.252 e. The van der Waals surface area contributed by atoms with Gasteiger partial charge in [0.1, 0.15) is 0 Å². The number of nitrogens with zero attached hydrogens (tertiary/aromatic N) is 1. The minimum absolute atomic E-state index is 0.110. The van der Waals surface area contributed by atoms with Gasteiger partial charge in [0.15, 0.2) is 0 Å². The Labute approximate surface area is 142 Å². The van der Waals surface area contributed by atoms with E-state index in [4.69, 9.17) is 0 Å². The SMILES string of the molecule is CCCCc1cc(=O)[nH]c(Nc2ccc(CSCCC)cc2)n1. The van der Waals surface area contributed by atoms with Crippen molar-refractivity contribution in [2.45, 2.75) is 45.3 Å². The highest BCUT2D eigenvalue weighted by Crippen LogP contribution is 2.17. The van der Waals surface area contributed by atoms with Crippen molar-refractivity contribution in [1.29, 1.82) is 0 Å². The predicted molar refractivity (Wildman–Crippen MR) is 99.6 cm³/mol. The number of anilines is 2. The van der Waals surface area contributed by atoms with E-state index < -0.39 is 0 Å². The van der Waals surface area contributed by atoms with E-state index in [-0.39, 0.29) is 5.56 Å². The third kappa shape index (κ3) is 6.10. The fourth-order valence-electron chi connectivity index (χ4n) is 2.21. The number of aromatic amines is 1. The molecule has 2 aromatic rings. The summed E-state index contributed by atoms with van der Waals surface area (Å²) in [5, 5.41) is 3.18. The van der Waals surface area contributed by atoms with Crippen LogP contribution in [0.1, 0.15) is 44.4 Å². The van der Waals surface area contributed by atoms with Gasteiger partial charge in [0, 0.05) is 23.2 Å². The third-order valence-corrected chi connectivity index (χ3v) is 4.65. The van der Waals surface area contributed by atoms with Gasteiger partial charge in [0.25, 0.3) is 5.56 Å². The van der Waals surface area contributed by atoms with E-state index in [0.29, 0.717) is 5.95 Å². The minimum atomic E-state index is -0.110. The van der Waals surface area contributed by atoms with E-state index in [1.807, 2.05) is 23.9 Å². The van der Waals surface area contributed by atoms with E-state index in [1.54, 1.807) is 6.07 Å². The molecule has 0 bridgehead atoms. The fraction of sp³-hybridized carbons (Fsp3) is 0.444. The Hall–Kier alpha value is -1.75. The second kappa shape index (κ2) is 9.40. The average Bonchev–Trinajstić information content (AvgIpc) is 2.54. The van der Waals surface area contributed by atoms with Crippen molar-refractivity contribution in [3.8, 4) is 0 Å². The number of hydrogen-bond acceptors (Lipinski definition) is 4. The summed E-state index contributed by atoms with van der Waals surface area (Å²) < 4.78 is 0. The predicted octanol–water partition coefficient (Wildman–Crippen LogP) is 4.50. The van der Waals surface area contributed by atoms with Crippen molar-refractivity contribution in [2.75, 3.05) is 11.1 Å². The molecular formula is C18H25N3OS. The van der Waals surface area contributed by atoms with Crippen LogP contribution in [-0.4, -0.2) is 15.7 Å². The Bertz CT molecular complexity index is 652. The second-order valence-corrected chi connectivity index (χ2v) is 6.67. The van der Waals surface area contributed by atoms with Gasteiger partial charge < -0.3 is 5.32 Å². The summed E-state index contributed by atoms with van der Waals surface area (Å²) in [4.78, 5) is 19.0. The highest BCUT2D eigenvalue weighted by atomic mass is 32.2. The van der Waals surface area contributed by atoms with Gasteiger partial charge in [-0.25, -0.2) is 4.98 Å². The normalized spacial score (nSPS) is 10.7. The van der Waals surface area contributed by atoms with Crippen molar-refractivity contribution in [3.05, 3.63) is 51.9 Å². The summed E-state index contributed by atoms with van der Waals surface area (Å²) in [6.07, 6.45) is 4.18. The molecule has 1 aromatic heterocycles. The van der Waals surface area contributed by atoms with Crippen LogP contribution in [0.15, 0.2) is 35.1 Å². The lowest BCUT2D eigenvalue weighted by Crippen LogP contribution is -2.12. The summed E-state index contributed by atoms with van der Waals surface area (Å²) in [5.74, 6) is 2.74. The standard InChI is InChI=1S/C18H25N3OS/c1-3-5-6-16-12-17(22)21-18(20-16)19-15-9-7-14(8-10-15)13-23-11-4-2/h7-10,12H,3-6,11,13H2,1-2H3,(H2,19,20,21,22). The molecule has 0 amide bonds. The maximum atomic E-state index is 11.7. The zero-order valence-electron chi connectivity index (χ0n) is 13.9. The van der Waals surface area contributed by atoms with E-state index >= 15 is 0 Å². The van der Waals surface area contributed by atoms with Gasteiger partial charge >= 0.3 is 0 Å². The Morgan fingerprint density at radius 2 is 1.96 bits per heavy atom. The smallest absolute Gasteiger partial charge is 0.252 e. The van der Waals surface area contributed by atoms with Crippen molar-refractivity contribution in [3.63, 3.8) is 0 Å². The highest BCUT2D eigenvalue weighted by Gasteiger charge is 2.02. The van der Waals surface area contributed by atoms with Crippen LogP contribution in [0, 0.1) is 0 Å². The Morgan fingerprint density at radius 3 is 2.65 bits per heavy atom. The molecule has 0 fully saturated rings. The van der Waals surface area contributed by atoms with Crippen molar-refractivity contribution >= 4 is 23.4 Å². The molecule has 0 atom stereocenters. The van der Waals surface area contributed by atoms with Crippen LogP contribution in [0.4, 0.5) is 11.6 Å². The monoisotopic (exact) mass is 331 g/mol. The van der Waals surface area contributed by atoms with Gasteiger partial charge in [0.05, 0.1) is 0 Å². The first-order valence-corrected chi connectivity index (χ1v) is 9.40. The number of aryl methyl sites for hydroxylation is 1. The van der Waals surface area contributed by atoms with Gasteiger partial charge in [-0.2, -0.15) is 11.8 Å². The van der Waals surface area contributed by atoms with E-state index in [1.165, 1.54) is 17.7 Å². The Morgan fingerprint density at radius 1 is 1.17 bits per heavy atom. The van der Waals surface area contributed by atoms with Crippen molar-refractivity contribution in [1.82, 2.24) is 9.97 Å². The van der Waals surface area contributed by atoms with Crippen molar-refractivity contribution in [2.24, 2.45) is 0 Å². The molecule has 23 heavy (non-hydrogen) atoms. The first-order chi connectivity index (χ1) is 11.2. The van der Waals surface area contributed by atoms with Crippen molar-refractivity contribution < 1.29 is 0 Å². The molecule has 0 spiro atoms. The quantitative estimate of drug-likeness (QED) is 0.664. The van der Waals surface area contributed by atoms with E-state index in [9.17, 15) is 4.79 Å². The van der Waals surface area contributed by atoms with Gasteiger partial charge in [-0.05, 0) is 42.7 Å². The van der Waals surface area contributed by atoms with E-state index in [0.717, 1.165) is 36.4 Å². The summed E-state index contributed by atoms with van der Waals surface area (Å²) in [6, 6.07) is 9.87. The lowest BCUT2D eigenvalue weighted by molar-refractivity contribution is 0.772. The minimum Gasteiger partial charge on any atom is -0.326 e. The van der Waals surface area contributed by atoms with Crippen LogP contribution < -0.4 is 10.9 Å². The molecule has 5 heteroatoms. The molecular weight excluding hydrogens is 306 g/mol. The van der Waals surface area contributed by atoms with Crippen LogP contribution in [-0.2, 0) is 12.2 Å². The molecule has 0 aliphatic carbocycles. The van der Waals surface area contributed by atoms with Gasteiger partial charge in [-0.3, -0.25) is 9.78 Å². The number of thioether (sulfide) groups is 1. The summed E-state index contributed by atoms with van der Waals surface area (Å²) in [6.45, 7) is 4.33. The number of aromatic nitrogens is 2. The number of hydrogen-bond donors (Lipinski definition) is 2.